The summed E-state index contributed by atoms with van der Waals surface area (Å²) in [6, 6.07) is 0. The molecule has 100 valence electrons. The van der Waals surface area contributed by atoms with Crippen LogP contribution in [0.15, 0.2) is 0 Å². The minimum Gasteiger partial charge on any atom is -0.393 e. The summed E-state index contributed by atoms with van der Waals surface area (Å²) in [7, 11) is -3.05. The lowest BCUT2D eigenvalue weighted by Crippen LogP contribution is -2.38. The van der Waals surface area contributed by atoms with E-state index in [0.29, 0.717) is 51.4 Å². The second-order valence-corrected chi connectivity index (χ2v) is 7.96. The van der Waals surface area contributed by atoms with Gasteiger partial charge >= 0.3 is 0 Å². The van der Waals surface area contributed by atoms with Crippen molar-refractivity contribution in [2.45, 2.75) is 74.1 Å². The fourth-order valence-corrected chi connectivity index (χ4v) is 5.42. The molecule has 0 spiro atoms. The van der Waals surface area contributed by atoms with E-state index in [4.69, 9.17) is 0 Å². The van der Waals surface area contributed by atoms with E-state index in [2.05, 4.69) is 0 Å². The number of rotatable bonds is 2. The standard InChI is InChI=1S/C12H22O4S/c13-9-1-5-11(6-2-9)17(15,16)12-7-3-10(14)4-8-12/h9-14H,1-8H2. The number of hydrogen-bond acceptors (Lipinski definition) is 4. The van der Waals surface area contributed by atoms with E-state index in [1.807, 2.05) is 0 Å². The first-order valence-electron chi connectivity index (χ1n) is 6.59. The lowest BCUT2D eigenvalue weighted by atomic mass is 9.97. The van der Waals surface area contributed by atoms with Crippen molar-refractivity contribution in [2.75, 3.05) is 0 Å². The van der Waals surface area contributed by atoms with Crippen molar-refractivity contribution < 1.29 is 18.6 Å². The van der Waals surface area contributed by atoms with Crippen molar-refractivity contribution >= 4 is 9.84 Å². The van der Waals surface area contributed by atoms with Crippen molar-refractivity contribution in [3.8, 4) is 0 Å². The summed E-state index contributed by atoms with van der Waals surface area (Å²) in [5, 5.41) is 18.3. The molecule has 2 aliphatic carbocycles. The van der Waals surface area contributed by atoms with E-state index < -0.39 is 9.84 Å². The molecule has 0 aromatic rings. The summed E-state index contributed by atoms with van der Waals surface area (Å²) in [6.07, 6.45) is 4.22. The van der Waals surface area contributed by atoms with Gasteiger partial charge in [0.2, 0.25) is 0 Å². The van der Waals surface area contributed by atoms with Gasteiger partial charge in [0.25, 0.3) is 0 Å². The molecule has 0 aromatic carbocycles. The summed E-state index contributed by atoms with van der Waals surface area (Å²) in [6.45, 7) is 0. The van der Waals surface area contributed by atoms with Gasteiger partial charge in [0.15, 0.2) is 9.84 Å². The Labute approximate surface area is 103 Å². The van der Waals surface area contributed by atoms with Crippen LogP contribution in [-0.2, 0) is 9.84 Å². The molecule has 2 N–H and O–H groups in total. The van der Waals surface area contributed by atoms with Crippen LogP contribution < -0.4 is 0 Å². The van der Waals surface area contributed by atoms with Gasteiger partial charge in [0, 0.05) is 0 Å². The summed E-state index contributed by atoms with van der Waals surface area (Å²) < 4.78 is 24.8. The SMILES string of the molecule is O=S(=O)(C1CCC(O)CC1)C1CCC(O)CC1. The van der Waals surface area contributed by atoms with Crippen LogP contribution in [0.1, 0.15) is 51.4 Å². The molecule has 0 saturated heterocycles. The highest BCUT2D eigenvalue weighted by Crippen LogP contribution is 2.32. The highest BCUT2D eigenvalue weighted by molar-refractivity contribution is 7.92. The van der Waals surface area contributed by atoms with E-state index in [9.17, 15) is 18.6 Å². The quantitative estimate of drug-likeness (QED) is 0.779. The van der Waals surface area contributed by atoms with Crippen molar-refractivity contribution in [3.63, 3.8) is 0 Å². The molecule has 0 unspecified atom stereocenters. The topological polar surface area (TPSA) is 74.6 Å². The van der Waals surface area contributed by atoms with Crippen LogP contribution in [0.4, 0.5) is 0 Å². The lowest BCUT2D eigenvalue weighted by Gasteiger charge is -2.31. The van der Waals surface area contributed by atoms with Crippen LogP contribution in [0.2, 0.25) is 0 Å². The van der Waals surface area contributed by atoms with E-state index in [-0.39, 0.29) is 22.7 Å². The first-order chi connectivity index (χ1) is 8.00. The molecule has 5 heteroatoms. The molecule has 0 bridgehead atoms. The molecule has 0 amide bonds. The van der Waals surface area contributed by atoms with Crippen molar-refractivity contribution in [1.82, 2.24) is 0 Å². The molecule has 2 fully saturated rings. The van der Waals surface area contributed by atoms with E-state index >= 15 is 0 Å². The molecule has 0 heterocycles. The fraction of sp³-hybridized carbons (Fsp3) is 1.00. The Morgan fingerprint density at radius 1 is 0.647 bits per heavy atom. The van der Waals surface area contributed by atoms with Crippen LogP contribution >= 0.6 is 0 Å². The fourth-order valence-electron chi connectivity index (χ4n) is 3.02. The Morgan fingerprint density at radius 2 is 0.941 bits per heavy atom. The average molecular weight is 262 g/mol. The number of aliphatic hydroxyl groups is 2. The monoisotopic (exact) mass is 262 g/mol. The molecule has 0 aromatic heterocycles. The van der Waals surface area contributed by atoms with Crippen LogP contribution in [0.3, 0.4) is 0 Å². The van der Waals surface area contributed by atoms with Gasteiger partial charge in [0.1, 0.15) is 0 Å². The molecule has 2 aliphatic rings. The maximum absolute atomic E-state index is 12.4. The molecule has 0 atom stereocenters. The average Bonchev–Trinajstić information content (AvgIpc) is 2.30. The first kappa shape index (κ1) is 13.3. The predicted molar refractivity (Wildman–Crippen MR) is 65.4 cm³/mol. The van der Waals surface area contributed by atoms with E-state index in [0.717, 1.165) is 0 Å². The second kappa shape index (κ2) is 5.24. The van der Waals surface area contributed by atoms with Gasteiger partial charge < -0.3 is 10.2 Å². The zero-order valence-corrected chi connectivity index (χ0v) is 10.9. The molecular formula is C12H22O4S. The van der Waals surface area contributed by atoms with Crippen LogP contribution in [0.5, 0.6) is 0 Å². The summed E-state index contributed by atoms with van der Waals surface area (Å²) in [4.78, 5) is 0. The summed E-state index contributed by atoms with van der Waals surface area (Å²) in [5.74, 6) is 0. The molecule has 2 saturated carbocycles. The lowest BCUT2D eigenvalue weighted by molar-refractivity contribution is 0.127. The summed E-state index contributed by atoms with van der Waals surface area (Å²) >= 11 is 0. The van der Waals surface area contributed by atoms with Gasteiger partial charge in [-0.3, -0.25) is 0 Å². The maximum atomic E-state index is 12.4. The largest absolute Gasteiger partial charge is 0.393 e. The predicted octanol–water partition coefficient (Wildman–Crippen LogP) is 1.01. The van der Waals surface area contributed by atoms with Crippen LogP contribution in [0.25, 0.3) is 0 Å². The molecule has 4 nitrogen and oxygen atoms in total. The van der Waals surface area contributed by atoms with Crippen molar-refractivity contribution in [2.24, 2.45) is 0 Å². The van der Waals surface area contributed by atoms with Gasteiger partial charge in [-0.05, 0) is 51.4 Å². The van der Waals surface area contributed by atoms with Crippen molar-refractivity contribution in [3.05, 3.63) is 0 Å². The Balaban J connectivity index is 1.98. The smallest absolute Gasteiger partial charge is 0.156 e. The Morgan fingerprint density at radius 3 is 1.24 bits per heavy atom. The third-order valence-electron chi connectivity index (χ3n) is 4.22. The normalized spacial score (nSPS) is 40.1. The third-order valence-corrected chi connectivity index (χ3v) is 7.02. The number of hydrogen-bond donors (Lipinski definition) is 2. The molecular weight excluding hydrogens is 240 g/mol. The molecule has 2 rings (SSSR count). The van der Waals surface area contributed by atoms with E-state index in [1.165, 1.54) is 0 Å². The first-order valence-corrected chi connectivity index (χ1v) is 8.20. The Hall–Kier alpha value is -0.130. The van der Waals surface area contributed by atoms with Crippen LogP contribution in [-0.4, -0.2) is 41.3 Å². The third kappa shape index (κ3) is 3.01. The zero-order valence-electron chi connectivity index (χ0n) is 10.1. The van der Waals surface area contributed by atoms with Crippen LogP contribution in [0, 0.1) is 0 Å². The molecule has 0 radical (unpaired) electrons. The zero-order chi connectivity index (χ0) is 12.5. The van der Waals surface area contributed by atoms with Gasteiger partial charge in [-0.15, -0.1) is 0 Å². The van der Waals surface area contributed by atoms with Gasteiger partial charge in [0.05, 0.1) is 22.7 Å². The second-order valence-electron chi connectivity index (χ2n) is 5.45. The number of sulfone groups is 1. The van der Waals surface area contributed by atoms with Gasteiger partial charge in [-0.25, -0.2) is 8.42 Å². The Kier molecular flexibility index (Phi) is 4.10. The van der Waals surface area contributed by atoms with Crippen molar-refractivity contribution in [1.29, 1.82) is 0 Å². The maximum Gasteiger partial charge on any atom is 0.156 e. The van der Waals surface area contributed by atoms with Gasteiger partial charge in [-0.1, -0.05) is 0 Å². The highest BCUT2D eigenvalue weighted by Gasteiger charge is 2.37. The summed E-state index contributed by atoms with van der Waals surface area (Å²) in [5.41, 5.74) is 0. The minimum absolute atomic E-state index is 0.258. The number of aliphatic hydroxyl groups excluding tert-OH is 2. The molecule has 0 aliphatic heterocycles. The van der Waals surface area contributed by atoms with E-state index in [1.54, 1.807) is 0 Å². The van der Waals surface area contributed by atoms with Gasteiger partial charge in [-0.2, -0.15) is 0 Å². The molecule has 17 heavy (non-hydrogen) atoms. The minimum atomic E-state index is -3.05. The Bertz CT molecular complexity index is 308. The highest BCUT2D eigenvalue weighted by atomic mass is 32.2.